The molecule has 2 aromatic carbocycles. The number of nitrogens with one attached hydrogen (secondary N) is 1. The van der Waals surface area contributed by atoms with Gasteiger partial charge in [0.2, 0.25) is 0 Å². The Kier molecular flexibility index (Phi) is 6.17. The molecule has 0 amide bonds. The topological polar surface area (TPSA) is 94.2 Å². The van der Waals surface area contributed by atoms with Crippen LogP contribution in [-0.2, 0) is 26.7 Å². The maximum Gasteiger partial charge on any atom is 0.265 e. The number of carbonyl (C=O) groups is 1. The summed E-state index contributed by atoms with van der Waals surface area (Å²) in [6.07, 6.45) is 4.76. The van der Waals surface area contributed by atoms with Crippen molar-refractivity contribution in [1.82, 2.24) is 4.90 Å². The predicted molar refractivity (Wildman–Crippen MR) is 132 cm³/mol. The summed E-state index contributed by atoms with van der Waals surface area (Å²) in [6.45, 7) is 1.89. The van der Waals surface area contributed by atoms with Crippen molar-refractivity contribution in [3.05, 3.63) is 41.5 Å². The molecule has 2 aliphatic carbocycles. The van der Waals surface area contributed by atoms with Crippen molar-refractivity contribution >= 4 is 21.5 Å². The molecule has 5 rings (SSSR count). The monoisotopic (exact) mass is 500 g/mol. The van der Waals surface area contributed by atoms with Gasteiger partial charge in [0.05, 0.1) is 25.3 Å². The number of Topliss-reactive ketones (excluding diaryl/α,β-unsaturated/α-hetero) is 1. The Balaban J connectivity index is 1.51. The van der Waals surface area contributed by atoms with Gasteiger partial charge in [0.15, 0.2) is 0 Å². The first-order chi connectivity index (χ1) is 16.8. The standard InChI is InChI=1S/C26H32N2O6S/c1-28-11-7-18(8-12-28)34-22-14-17(13-21-20(22)16-25(29)26(21)9-4-10-26)27-35(30,31)24-6-5-19(32-2)15-23(24)33-3/h5-6,13-15,18,27H,4,7-12,16H2,1-3H3. The SMILES string of the molecule is COc1ccc(S(=O)(=O)Nc2cc(OC3CCN(C)CC3)c3c(c2)C2(CCC2)C(=O)C3)c(OC)c1. The van der Waals surface area contributed by atoms with E-state index < -0.39 is 15.4 Å². The van der Waals surface area contributed by atoms with E-state index in [-0.39, 0.29) is 22.5 Å². The van der Waals surface area contributed by atoms with Crippen LogP contribution >= 0.6 is 0 Å². The number of hydrogen-bond donors (Lipinski definition) is 1. The molecule has 3 aliphatic rings. The number of sulfonamides is 1. The number of ketones is 1. The van der Waals surface area contributed by atoms with E-state index in [9.17, 15) is 13.2 Å². The summed E-state index contributed by atoms with van der Waals surface area (Å²) in [5, 5.41) is 0. The number of fused-ring (bicyclic) bond motifs is 2. The smallest absolute Gasteiger partial charge is 0.265 e. The summed E-state index contributed by atoms with van der Waals surface area (Å²) in [6, 6.07) is 8.13. The predicted octanol–water partition coefficient (Wildman–Crippen LogP) is 3.52. The van der Waals surface area contributed by atoms with Gasteiger partial charge in [0.1, 0.15) is 34.0 Å². The van der Waals surface area contributed by atoms with Crippen LogP contribution in [0.3, 0.4) is 0 Å². The number of ether oxygens (including phenoxy) is 3. The Bertz CT molecular complexity index is 1250. The lowest BCUT2D eigenvalue weighted by atomic mass is 9.64. The summed E-state index contributed by atoms with van der Waals surface area (Å²) < 4.78 is 46.4. The number of benzene rings is 2. The number of carbonyl (C=O) groups excluding carboxylic acids is 1. The van der Waals surface area contributed by atoms with E-state index in [0.29, 0.717) is 23.6 Å². The lowest BCUT2D eigenvalue weighted by molar-refractivity contribution is -0.125. The highest BCUT2D eigenvalue weighted by molar-refractivity contribution is 7.92. The van der Waals surface area contributed by atoms with Crippen LogP contribution in [0.4, 0.5) is 5.69 Å². The largest absolute Gasteiger partial charge is 0.497 e. The van der Waals surface area contributed by atoms with Crippen LogP contribution in [-0.4, -0.2) is 59.6 Å². The minimum atomic E-state index is -3.97. The van der Waals surface area contributed by atoms with Gasteiger partial charge in [-0.15, -0.1) is 0 Å². The van der Waals surface area contributed by atoms with E-state index in [1.165, 1.54) is 26.4 Å². The number of nitrogens with zero attached hydrogens (tertiary/aromatic N) is 1. The van der Waals surface area contributed by atoms with Crippen molar-refractivity contribution in [2.45, 2.75) is 54.9 Å². The van der Waals surface area contributed by atoms with E-state index in [2.05, 4.69) is 16.7 Å². The molecule has 1 saturated heterocycles. The highest BCUT2D eigenvalue weighted by Gasteiger charge is 2.51. The van der Waals surface area contributed by atoms with Crippen LogP contribution in [0.25, 0.3) is 0 Å². The number of piperidine rings is 1. The Hall–Kier alpha value is -2.78. The Morgan fingerprint density at radius 1 is 1.03 bits per heavy atom. The minimum Gasteiger partial charge on any atom is -0.497 e. The van der Waals surface area contributed by atoms with Gasteiger partial charge in [0.25, 0.3) is 10.0 Å². The molecule has 1 saturated carbocycles. The Morgan fingerprint density at radius 2 is 1.77 bits per heavy atom. The van der Waals surface area contributed by atoms with Gasteiger partial charge >= 0.3 is 0 Å². The van der Waals surface area contributed by atoms with Crippen molar-refractivity contribution in [2.24, 2.45) is 0 Å². The highest BCUT2D eigenvalue weighted by Crippen LogP contribution is 2.53. The Labute approximate surface area is 206 Å². The van der Waals surface area contributed by atoms with Crippen molar-refractivity contribution < 1.29 is 27.4 Å². The molecule has 2 fully saturated rings. The summed E-state index contributed by atoms with van der Waals surface area (Å²) in [5.74, 6) is 1.52. The Morgan fingerprint density at radius 3 is 2.40 bits per heavy atom. The zero-order valence-electron chi connectivity index (χ0n) is 20.4. The van der Waals surface area contributed by atoms with Crippen LogP contribution in [0.15, 0.2) is 35.2 Å². The summed E-state index contributed by atoms with van der Waals surface area (Å²) in [5.41, 5.74) is 1.72. The number of hydrogen-bond acceptors (Lipinski definition) is 7. The maximum atomic E-state index is 13.4. The first-order valence-corrected chi connectivity index (χ1v) is 13.5. The van der Waals surface area contributed by atoms with Crippen LogP contribution in [0.5, 0.6) is 17.2 Å². The van der Waals surface area contributed by atoms with Crippen molar-refractivity contribution in [2.75, 3.05) is 39.1 Å². The summed E-state index contributed by atoms with van der Waals surface area (Å²) in [4.78, 5) is 15.3. The van der Waals surface area contributed by atoms with Crippen LogP contribution in [0, 0.1) is 0 Å². The summed E-state index contributed by atoms with van der Waals surface area (Å²) >= 11 is 0. The van der Waals surface area contributed by atoms with Gasteiger partial charge in [-0.2, -0.15) is 0 Å². The molecule has 188 valence electrons. The molecule has 1 heterocycles. The summed E-state index contributed by atoms with van der Waals surface area (Å²) in [7, 11) is 1.05. The van der Waals surface area contributed by atoms with Gasteiger partial charge < -0.3 is 19.1 Å². The molecule has 1 aliphatic heterocycles. The van der Waals surface area contributed by atoms with Crippen molar-refractivity contribution in [1.29, 1.82) is 0 Å². The molecule has 9 heteroatoms. The van der Waals surface area contributed by atoms with Crippen molar-refractivity contribution in [3.63, 3.8) is 0 Å². The van der Waals surface area contributed by atoms with E-state index in [1.807, 2.05) is 6.07 Å². The van der Waals surface area contributed by atoms with E-state index in [1.54, 1.807) is 12.1 Å². The van der Waals surface area contributed by atoms with Gasteiger partial charge in [-0.1, -0.05) is 6.42 Å². The second-order valence-electron chi connectivity index (χ2n) is 9.78. The second kappa shape index (κ2) is 9.02. The van der Waals surface area contributed by atoms with Crippen LogP contribution < -0.4 is 18.9 Å². The lowest BCUT2D eigenvalue weighted by Gasteiger charge is -2.38. The van der Waals surface area contributed by atoms with Crippen LogP contribution in [0.1, 0.15) is 43.2 Å². The molecular formula is C26H32N2O6S. The van der Waals surface area contributed by atoms with E-state index in [4.69, 9.17) is 14.2 Å². The minimum absolute atomic E-state index is 0.00789. The van der Waals surface area contributed by atoms with Crippen LogP contribution in [0.2, 0.25) is 0 Å². The third-order valence-electron chi connectivity index (χ3n) is 7.67. The van der Waals surface area contributed by atoms with E-state index in [0.717, 1.165) is 56.3 Å². The maximum absolute atomic E-state index is 13.4. The fourth-order valence-electron chi connectivity index (χ4n) is 5.47. The molecule has 0 radical (unpaired) electrons. The first kappa shape index (κ1) is 23.9. The van der Waals surface area contributed by atoms with Gasteiger partial charge in [-0.3, -0.25) is 9.52 Å². The second-order valence-corrected chi connectivity index (χ2v) is 11.4. The molecular weight excluding hydrogens is 468 g/mol. The average Bonchev–Trinajstić information content (AvgIpc) is 3.12. The lowest BCUT2D eigenvalue weighted by Crippen LogP contribution is -2.39. The third kappa shape index (κ3) is 4.25. The normalized spacial score (nSPS) is 19.8. The molecule has 35 heavy (non-hydrogen) atoms. The molecule has 1 N–H and O–H groups in total. The van der Waals surface area contributed by atoms with Gasteiger partial charge in [0, 0.05) is 37.2 Å². The van der Waals surface area contributed by atoms with Crippen molar-refractivity contribution in [3.8, 4) is 17.2 Å². The van der Waals surface area contributed by atoms with E-state index >= 15 is 0 Å². The highest BCUT2D eigenvalue weighted by atomic mass is 32.2. The fourth-order valence-corrected chi connectivity index (χ4v) is 6.66. The average molecular weight is 501 g/mol. The number of methoxy groups -OCH3 is 2. The number of rotatable bonds is 7. The molecule has 0 bridgehead atoms. The van der Waals surface area contributed by atoms with Gasteiger partial charge in [-0.25, -0.2) is 8.42 Å². The molecule has 2 aromatic rings. The number of likely N-dealkylation sites (tertiary alicyclic amines) is 1. The van der Waals surface area contributed by atoms with Gasteiger partial charge in [-0.05, 0) is 56.5 Å². The third-order valence-corrected chi connectivity index (χ3v) is 9.10. The molecule has 0 unspecified atom stereocenters. The quantitative estimate of drug-likeness (QED) is 0.622. The molecule has 8 nitrogen and oxygen atoms in total. The first-order valence-electron chi connectivity index (χ1n) is 12.1. The molecule has 0 atom stereocenters. The fraction of sp³-hybridized carbons (Fsp3) is 0.500. The molecule has 0 aromatic heterocycles. The number of anilines is 1. The zero-order valence-corrected chi connectivity index (χ0v) is 21.2. The zero-order chi connectivity index (χ0) is 24.8. The molecule has 1 spiro atoms.